The molecular formula is C19H14FN3O2S. The van der Waals surface area contributed by atoms with Gasteiger partial charge in [-0.05, 0) is 43.3 Å². The Labute approximate surface area is 153 Å². The highest BCUT2D eigenvalue weighted by molar-refractivity contribution is 8.14. The Morgan fingerprint density at radius 3 is 2.69 bits per heavy atom. The Morgan fingerprint density at radius 2 is 1.92 bits per heavy atom. The molecule has 0 saturated heterocycles. The van der Waals surface area contributed by atoms with Crippen LogP contribution in [0.4, 0.5) is 10.1 Å². The number of Topliss-reactive ketones (excluding diaryl/α,β-unsaturated/α-hetero) is 1. The highest BCUT2D eigenvalue weighted by Gasteiger charge is 2.39. The van der Waals surface area contributed by atoms with Gasteiger partial charge in [0.2, 0.25) is 0 Å². The number of para-hydroxylation sites is 1. The first-order valence-electron chi connectivity index (χ1n) is 8.06. The second kappa shape index (κ2) is 6.49. The van der Waals surface area contributed by atoms with Gasteiger partial charge in [-0.25, -0.2) is 14.3 Å². The van der Waals surface area contributed by atoms with E-state index in [9.17, 15) is 14.0 Å². The first-order chi connectivity index (χ1) is 12.5. The van der Waals surface area contributed by atoms with Crippen LogP contribution in [-0.4, -0.2) is 39.4 Å². The van der Waals surface area contributed by atoms with E-state index >= 15 is 0 Å². The number of benzene rings is 2. The van der Waals surface area contributed by atoms with Crippen molar-refractivity contribution in [3.63, 3.8) is 0 Å². The predicted molar refractivity (Wildman–Crippen MR) is 99.6 cm³/mol. The third-order valence-corrected chi connectivity index (χ3v) is 5.09. The number of fused-ring (bicyclic) bond motifs is 3. The second-order valence-electron chi connectivity index (χ2n) is 5.93. The molecule has 2 aliphatic heterocycles. The number of carbonyl (C=O) groups excluding carboxylic acids is 2. The van der Waals surface area contributed by atoms with E-state index in [2.05, 4.69) is 9.98 Å². The number of carbonyl (C=O) groups is 2. The molecule has 0 bridgehead atoms. The van der Waals surface area contributed by atoms with E-state index in [1.165, 1.54) is 40.9 Å². The number of thioether (sulfide) groups is 1. The molecule has 5 nitrogen and oxygen atoms in total. The number of halogens is 1. The summed E-state index contributed by atoms with van der Waals surface area (Å²) in [6.45, 7) is 1.74. The van der Waals surface area contributed by atoms with Gasteiger partial charge in [-0.1, -0.05) is 23.9 Å². The molecule has 7 heteroatoms. The van der Waals surface area contributed by atoms with Gasteiger partial charge in [0.15, 0.2) is 11.0 Å². The van der Waals surface area contributed by atoms with Gasteiger partial charge in [0.25, 0.3) is 5.91 Å². The van der Waals surface area contributed by atoms with E-state index in [-0.39, 0.29) is 23.3 Å². The van der Waals surface area contributed by atoms with Crippen LogP contribution >= 0.6 is 11.8 Å². The van der Waals surface area contributed by atoms with Crippen LogP contribution < -0.4 is 0 Å². The zero-order valence-electron chi connectivity index (χ0n) is 13.8. The number of amidine groups is 2. The lowest BCUT2D eigenvalue weighted by molar-refractivity contribution is -0.124. The van der Waals surface area contributed by atoms with Gasteiger partial charge in [0.1, 0.15) is 17.7 Å². The molecule has 26 heavy (non-hydrogen) atoms. The molecule has 130 valence electrons. The summed E-state index contributed by atoms with van der Waals surface area (Å²) >= 11 is 1.18. The summed E-state index contributed by atoms with van der Waals surface area (Å²) in [6, 6.07) is 12.4. The van der Waals surface area contributed by atoms with Crippen LogP contribution in [0.25, 0.3) is 0 Å². The van der Waals surface area contributed by atoms with Crippen molar-refractivity contribution in [2.24, 2.45) is 9.98 Å². The molecule has 1 amide bonds. The van der Waals surface area contributed by atoms with Gasteiger partial charge in [-0.15, -0.1) is 0 Å². The molecule has 2 aromatic carbocycles. The van der Waals surface area contributed by atoms with Crippen LogP contribution in [0.15, 0.2) is 58.5 Å². The van der Waals surface area contributed by atoms with E-state index in [1.807, 2.05) is 24.3 Å². The number of amides is 1. The van der Waals surface area contributed by atoms with Crippen LogP contribution in [0.5, 0.6) is 0 Å². The number of hydrogen-bond acceptors (Lipinski definition) is 5. The van der Waals surface area contributed by atoms with Crippen molar-refractivity contribution in [2.45, 2.75) is 13.0 Å². The summed E-state index contributed by atoms with van der Waals surface area (Å²) in [5.41, 5.74) is 1.95. The largest absolute Gasteiger partial charge is 0.293 e. The Hall–Kier alpha value is -2.80. The molecule has 0 fully saturated rings. The fraction of sp³-hybridized carbons (Fsp3) is 0.158. The van der Waals surface area contributed by atoms with E-state index < -0.39 is 6.04 Å². The van der Waals surface area contributed by atoms with E-state index in [0.29, 0.717) is 16.6 Å². The number of nitrogens with zero attached hydrogens (tertiary/aromatic N) is 3. The normalized spacial score (nSPS) is 18.2. The monoisotopic (exact) mass is 367 g/mol. The maximum Gasteiger partial charge on any atom is 0.258 e. The molecule has 2 aliphatic rings. The van der Waals surface area contributed by atoms with Gasteiger partial charge in [-0.3, -0.25) is 14.6 Å². The smallest absolute Gasteiger partial charge is 0.258 e. The number of rotatable bonds is 3. The summed E-state index contributed by atoms with van der Waals surface area (Å²) in [5, 5.41) is 0.437. The minimum Gasteiger partial charge on any atom is -0.293 e. The van der Waals surface area contributed by atoms with Crippen molar-refractivity contribution < 1.29 is 14.0 Å². The average molecular weight is 367 g/mol. The van der Waals surface area contributed by atoms with Crippen molar-refractivity contribution in [1.29, 1.82) is 0 Å². The fourth-order valence-corrected chi connectivity index (χ4v) is 3.72. The molecule has 0 radical (unpaired) electrons. The van der Waals surface area contributed by atoms with E-state index in [1.54, 1.807) is 6.92 Å². The Kier molecular flexibility index (Phi) is 4.16. The first kappa shape index (κ1) is 16.7. The van der Waals surface area contributed by atoms with Gasteiger partial charge >= 0.3 is 0 Å². The standard InChI is InChI=1S/C19H14FN3O2S/c1-11-18(25)23-17(21-11)14-4-2-3-5-15(14)22-19(23)26-10-16(24)12-6-8-13(20)9-7-12/h2-9,11H,10H2,1H3/t11-/m1/s1. The predicted octanol–water partition coefficient (Wildman–Crippen LogP) is 3.42. The van der Waals surface area contributed by atoms with Crippen molar-refractivity contribution >= 4 is 40.1 Å². The lowest BCUT2D eigenvalue weighted by Gasteiger charge is -2.25. The number of aliphatic imine (C=N–C) groups is 2. The number of hydrogen-bond donors (Lipinski definition) is 0. The maximum absolute atomic E-state index is 13.0. The fourth-order valence-electron chi connectivity index (χ4n) is 2.82. The zero-order valence-corrected chi connectivity index (χ0v) is 14.7. The first-order valence-corrected chi connectivity index (χ1v) is 9.04. The van der Waals surface area contributed by atoms with E-state index in [4.69, 9.17) is 0 Å². The van der Waals surface area contributed by atoms with E-state index in [0.717, 1.165) is 11.3 Å². The molecule has 0 aliphatic carbocycles. The van der Waals surface area contributed by atoms with Crippen LogP contribution in [0.2, 0.25) is 0 Å². The quantitative estimate of drug-likeness (QED) is 0.781. The van der Waals surface area contributed by atoms with Crippen molar-refractivity contribution in [1.82, 2.24) is 4.90 Å². The maximum atomic E-state index is 13.0. The summed E-state index contributed by atoms with van der Waals surface area (Å²) in [4.78, 5) is 35.3. The summed E-state index contributed by atoms with van der Waals surface area (Å²) in [6.07, 6.45) is 0. The van der Waals surface area contributed by atoms with Crippen LogP contribution in [-0.2, 0) is 4.79 Å². The lowest BCUT2D eigenvalue weighted by Crippen LogP contribution is -2.40. The molecule has 0 saturated carbocycles. The van der Waals surface area contributed by atoms with Crippen LogP contribution in [0.3, 0.4) is 0 Å². The Bertz CT molecular complexity index is 969. The summed E-state index contributed by atoms with van der Waals surface area (Å²) in [7, 11) is 0. The van der Waals surface area contributed by atoms with Gasteiger partial charge < -0.3 is 0 Å². The van der Waals surface area contributed by atoms with Crippen molar-refractivity contribution in [3.8, 4) is 0 Å². The molecule has 0 aromatic heterocycles. The Morgan fingerprint density at radius 1 is 1.19 bits per heavy atom. The van der Waals surface area contributed by atoms with Crippen molar-refractivity contribution in [3.05, 3.63) is 65.5 Å². The van der Waals surface area contributed by atoms with Crippen LogP contribution in [0.1, 0.15) is 22.8 Å². The molecule has 0 N–H and O–H groups in total. The molecule has 2 aromatic rings. The van der Waals surface area contributed by atoms with Gasteiger partial charge in [-0.2, -0.15) is 0 Å². The third-order valence-electron chi connectivity index (χ3n) is 4.16. The second-order valence-corrected chi connectivity index (χ2v) is 6.88. The number of ketones is 1. The highest BCUT2D eigenvalue weighted by Crippen LogP contribution is 2.33. The molecular weight excluding hydrogens is 353 g/mol. The topological polar surface area (TPSA) is 62.1 Å². The third kappa shape index (κ3) is 2.84. The lowest BCUT2D eigenvalue weighted by atomic mass is 10.1. The van der Waals surface area contributed by atoms with Gasteiger partial charge in [0, 0.05) is 11.1 Å². The molecule has 2 heterocycles. The van der Waals surface area contributed by atoms with Crippen molar-refractivity contribution in [2.75, 3.05) is 5.75 Å². The minimum atomic E-state index is -0.477. The molecule has 0 unspecified atom stereocenters. The summed E-state index contributed by atoms with van der Waals surface area (Å²) in [5.74, 6) is -0.0348. The molecule has 1 atom stereocenters. The zero-order chi connectivity index (χ0) is 18.3. The SMILES string of the molecule is C[C@H]1N=C2c3ccccc3N=C(SCC(=O)c3ccc(F)cc3)N2C1=O. The Balaban J connectivity index is 1.60. The van der Waals surface area contributed by atoms with Gasteiger partial charge in [0.05, 0.1) is 11.4 Å². The van der Waals surface area contributed by atoms with Crippen LogP contribution in [0, 0.1) is 5.82 Å². The highest BCUT2D eigenvalue weighted by atomic mass is 32.2. The average Bonchev–Trinajstić information content (AvgIpc) is 2.95. The minimum absolute atomic E-state index is 0.0953. The summed E-state index contributed by atoms with van der Waals surface area (Å²) < 4.78 is 13.0. The molecule has 0 spiro atoms. The molecule has 4 rings (SSSR count).